The number of thioether (sulfide) groups is 1. The summed E-state index contributed by atoms with van der Waals surface area (Å²) in [7, 11) is 0. The second kappa shape index (κ2) is 7.91. The van der Waals surface area contributed by atoms with Crippen molar-refractivity contribution in [3.8, 4) is 0 Å². The molecular weight excluding hydrogens is 346 g/mol. The second-order valence-corrected chi connectivity index (χ2v) is 10.6. The van der Waals surface area contributed by atoms with Crippen molar-refractivity contribution in [1.29, 1.82) is 0 Å². The van der Waals surface area contributed by atoms with Crippen LogP contribution in [0.4, 0.5) is 10.5 Å². The van der Waals surface area contributed by atoms with Crippen LogP contribution in [0.2, 0.25) is 0 Å². The molecule has 0 spiro atoms. The van der Waals surface area contributed by atoms with E-state index in [1.54, 1.807) is 16.7 Å². The van der Waals surface area contributed by atoms with E-state index in [9.17, 15) is 9.59 Å². The van der Waals surface area contributed by atoms with E-state index in [0.717, 1.165) is 5.69 Å². The van der Waals surface area contributed by atoms with E-state index in [1.807, 2.05) is 49.9 Å². The monoisotopic (exact) mass is 377 g/mol. The van der Waals surface area contributed by atoms with E-state index in [-0.39, 0.29) is 22.1 Å². The first-order valence-electron chi connectivity index (χ1n) is 9.10. The fourth-order valence-electron chi connectivity index (χ4n) is 2.75. The molecule has 1 fully saturated rings. The lowest BCUT2D eigenvalue weighted by Gasteiger charge is -2.37. The molecule has 144 valence electrons. The largest absolute Gasteiger partial charge is 0.339 e. The van der Waals surface area contributed by atoms with Crippen molar-refractivity contribution in [1.82, 2.24) is 9.80 Å². The zero-order valence-corrected chi connectivity index (χ0v) is 17.6. The summed E-state index contributed by atoms with van der Waals surface area (Å²) in [5.41, 5.74) is 0.415. The van der Waals surface area contributed by atoms with Gasteiger partial charge >= 0.3 is 6.03 Å². The minimum atomic E-state index is -0.378. The molecular formula is C20H31N3O2S. The lowest BCUT2D eigenvalue weighted by atomic mass is 9.94. The summed E-state index contributed by atoms with van der Waals surface area (Å²) >= 11 is 1.80. The van der Waals surface area contributed by atoms with Crippen LogP contribution >= 0.6 is 11.8 Å². The number of piperazine rings is 1. The average molecular weight is 378 g/mol. The van der Waals surface area contributed by atoms with Gasteiger partial charge in [0.1, 0.15) is 0 Å². The van der Waals surface area contributed by atoms with Gasteiger partial charge in [0.2, 0.25) is 5.91 Å². The summed E-state index contributed by atoms with van der Waals surface area (Å²) < 4.78 is 0.162. The van der Waals surface area contributed by atoms with Crippen LogP contribution in [-0.4, -0.2) is 52.7 Å². The number of urea groups is 1. The molecule has 0 bridgehead atoms. The van der Waals surface area contributed by atoms with Crippen LogP contribution in [-0.2, 0) is 4.79 Å². The molecule has 6 heteroatoms. The van der Waals surface area contributed by atoms with E-state index in [2.05, 4.69) is 26.1 Å². The van der Waals surface area contributed by atoms with Crippen molar-refractivity contribution in [2.75, 3.05) is 31.5 Å². The van der Waals surface area contributed by atoms with Gasteiger partial charge < -0.3 is 15.1 Å². The molecule has 1 saturated heterocycles. The first-order chi connectivity index (χ1) is 12.0. The molecule has 3 amide bonds. The maximum absolute atomic E-state index is 12.5. The first-order valence-corrected chi connectivity index (χ1v) is 9.92. The van der Waals surface area contributed by atoms with Gasteiger partial charge in [-0.3, -0.25) is 4.79 Å². The van der Waals surface area contributed by atoms with E-state index in [1.165, 1.54) is 4.90 Å². The van der Waals surface area contributed by atoms with Crippen molar-refractivity contribution >= 4 is 29.4 Å². The molecule has 0 aromatic heterocycles. The normalized spacial score (nSPS) is 15.8. The van der Waals surface area contributed by atoms with Crippen LogP contribution < -0.4 is 5.32 Å². The number of carbonyl (C=O) groups excluding carboxylic acids is 2. The third-order valence-electron chi connectivity index (χ3n) is 4.03. The van der Waals surface area contributed by atoms with Gasteiger partial charge in [0.15, 0.2) is 0 Å². The summed E-state index contributed by atoms with van der Waals surface area (Å²) in [6, 6.07) is 7.83. The van der Waals surface area contributed by atoms with Crippen molar-refractivity contribution in [2.45, 2.75) is 51.2 Å². The summed E-state index contributed by atoms with van der Waals surface area (Å²) in [6.45, 7) is 14.6. The maximum atomic E-state index is 12.5. The highest BCUT2D eigenvalue weighted by Crippen LogP contribution is 2.32. The fourth-order valence-corrected chi connectivity index (χ4v) is 3.73. The highest BCUT2D eigenvalue weighted by molar-refractivity contribution is 8.00. The Morgan fingerprint density at radius 3 is 1.85 bits per heavy atom. The second-order valence-electron chi connectivity index (χ2n) is 8.70. The number of nitrogens with zero attached hydrogens (tertiary/aromatic N) is 2. The molecule has 0 radical (unpaired) electrons. The molecule has 1 N–H and O–H groups in total. The molecule has 0 saturated carbocycles. The zero-order chi connectivity index (χ0) is 19.5. The Balaban J connectivity index is 1.86. The lowest BCUT2D eigenvalue weighted by molar-refractivity contribution is -0.140. The molecule has 26 heavy (non-hydrogen) atoms. The van der Waals surface area contributed by atoms with Crippen LogP contribution in [0.25, 0.3) is 0 Å². The number of amides is 3. The topological polar surface area (TPSA) is 52.7 Å². The number of rotatable bonds is 2. The molecule has 0 atom stereocenters. The minimum absolute atomic E-state index is 0.107. The van der Waals surface area contributed by atoms with E-state index < -0.39 is 0 Å². The third kappa shape index (κ3) is 5.94. The smallest absolute Gasteiger partial charge is 0.321 e. The number of carbonyl (C=O) groups is 2. The Bertz CT molecular complexity index is 637. The minimum Gasteiger partial charge on any atom is -0.339 e. The number of hydrogen-bond acceptors (Lipinski definition) is 3. The Labute approximate surface area is 161 Å². The Morgan fingerprint density at radius 1 is 0.885 bits per heavy atom. The van der Waals surface area contributed by atoms with Gasteiger partial charge in [-0.1, -0.05) is 41.5 Å². The molecule has 2 rings (SSSR count). The van der Waals surface area contributed by atoms with E-state index in [0.29, 0.717) is 26.2 Å². The van der Waals surface area contributed by atoms with Gasteiger partial charge in [-0.2, -0.15) is 0 Å². The Kier molecular flexibility index (Phi) is 6.27. The highest BCUT2D eigenvalue weighted by Gasteiger charge is 2.30. The van der Waals surface area contributed by atoms with Crippen LogP contribution in [0, 0.1) is 5.41 Å². The third-order valence-corrected chi connectivity index (χ3v) is 5.15. The van der Waals surface area contributed by atoms with E-state index >= 15 is 0 Å². The Morgan fingerprint density at radius 2 is 1.38 bits per heavy atom. The Hall–Kier alpha value is -1.69. The summed E-state index contributed by atoms with van der Waals surface area (Å²) in [4.78, 5) is 29.6. The molecule has 5 nitrogen and oxygen atoms in total. The van der Waals surface area contributed by atoms with Crippen molar-refractivity contribution < 1.29 is 9.59 Å². The fraction of sp³-hybridized carbons (Fsp3) is 0.600. The van der Waals surface area contributed by atoms with Gasteiger partial charge in [0.05, 0.1) is 0 Å². The lowest BCUT2D eigenvalue weighted by Crippen LogP contribution is -2.53. The molecule has 0 aliphatic carbocycles. The van der Waals surface area contributed by atoms with Crippen molar-refractivity contribution in [3.05, 3.63) is 24.3 Å². The van der Waals surface area contributed by atoms with Gasteiger partial charge in [0.25, 0.3) is 0 Å². The number of hydrogen-bond donors (Lipinski definition) is 1. The van der Waals surface area contributed by atoms with Gasteiger partial charge in [-0.25, -0.2) is 4.79 Å². The molecule has 1 aliphatic rings. The van der Waals surface area contributed by atoms with Crippen molar-refractivity contribution in [3.63, 3.8) is 0 Å². The predicted molar refractivity (Wildman–Crippen MR) is 109 cm³/mol. The molecule has 1 aromatic carbocycles. The van der Waals surface area contributed by atoms with E-state index in [4.69, 9.17) is 0 Å². The maximum Gasteiger partial charge on any atom is 0.321 e. The molecule has 1 aliphatic heterocycles. The van der Waals surface area contributed by atoms with Crippen LogP contribution in [0.3, 0.4) is 0 Å². The molecule has 1 heterocycles. The van der Waals surface area contributed by atoms with Crippen LogP contribution in [0.1, 0.15) is 41.5 Å². The number of benzene rings is 1. The summed E-state index contributed by atoms with van der Waals surface area (Å²) in [6.07, 6.45) is 0. The predicted octanol–water partition coefficient (Wildman–Crippen LogP) is 4.30. The highest BCUT2D eigenvalue weighted by atomic mass is 32.2. The standard InChI is InChI=1S/C20H31N3O2S/c1-19(2,3)17(24)22-11-13-23(14-12-22)18(25)21-15-7-9-16(10-8-15)26-20(4,5)6/h7-10H,11-14H2,1-6H3,(H,21,25). The van der Waals surface area contributed by atoms with Gasteiger partial charge in [-0.15, -0.1) is 11.8 Å². The number of nitrogens with one attached hydrogen (secondary N) is 1. The zero-order valence-electron chi connectivity index (χ0n) is 16.8. The molecule has 0 unspecified atom stereocenters. The molecule has 1 aromatic rings. The summed E-state index contributed by atoms with van der Waals surface area (Å²) in [5.74, 6) is 0.143. The van der Waals surface area contributed by atoms with Crippen molar-refractivity contribution in [2.24, 2.45) is 5.41 Å². The average Bonchev–Trinajstić information content (AvgIpc) is 2.54. The van der Waals surface area contributed by atoms with Crippen LogP contribution in [0.15, 0.2) is 29.2 Å². The van der Waals surface area contributed by atoms with Gasteiger partial charge in [-0.05, 0) is 24.3 Å². The number of anilines is 1. The quantitative estimate of drug-likeness (QED) is 0.782. The van der Waals surface area contributed by atoms with Crippen LogP contribution in [0.5, 0.6) is 0 Å². The van der Waals surface area contributed by atoms with Gasteiger partial charge in [0, 0.05) is 46.9 Å². The summed E-state index contributed by atoms with van der Waals surface area (Å²) in [5, 5.41) is 2.95. The SMILES string of the molecule is CC(C)(C)Sc1ccc(NC(=O)N2CCN(C(=O)C(C)(C)C)CC2)cc1. The first kappa shape index (κ1) is 20.6.